The van der Waals surface area contributed by atoms with Crippen LogP contribution in [0.4, 0.5) is 0 Å². The highest BCUT2D eigenvalue weighted by molar-refractivity contribution is 7.47. The molecule has 3 saturated carbocycles. The minimum Gasteiger partial charge on any atom is -0.369 e. The first-order chi connectivity index (χ1) is 18.8. The molecule has 3 N–H and O–H groups in total. The molecule has 8 atom stereocenters. The van der Waals surface area contributed by atoms with Gasteiger partial charge in [0.2, 0.25) is 0 Å². The van der Waals surface area contributed by atoms with Crippen molar-refractivity contribution in [2.45, 2.75) is 146 Å². The molecule has 3 unspecified atom stereocenters. The first-order valence-electron chi connectivity index (χ1n) is 15.5. The highest BCUT2D eigenvalue weighted by Crippen LogP contribution is 2.53. The maximum absolute atomic E-state index is 13.1. The average Bonchev–Trinajstić information content (AvgIpc) is 3.40. The van der Waals surface area contributed by atoms with Crippen LogP contribution < -0.4 is 5.32 Å². The highest BCUT2D eigenvalue weighted by atomic mass is 31.2. The van der Waals surface area contributed by atoms with Gasteiger partial charge in [0, 0.05) is 24.4 Å². The molecule has 5 aliphatic rings. The van der Waals surface area contributed by atoms with Crippen molar-refractivity contribution in [3.63, 3.8) is 0 Å². The van der Waals surface area contributed by atoms with Gasteiger partial charge in [0.25, 0.3) is 0 Å². The van der Waals surface area contributed by atoms with E-state index in [1.54, 1.807) is 0 Å². The quantitative estimate of drug-likeness (QED) is 0.335. The van der Waals surface area contributed by atoms with Gasteiger partial charge in [-0.3, -0.25) is 18.1 Å². The third-order valence-corrected chi connectivity index (χ3v) is 11.5. The molecule has 12 heteroatoms. The van der Waals surface area contributed by atoms with Crippen molar-refractivity contribution < 1.29 is 41.7 Å². The zero-order valence-electron chi connectivity index (χ0n) is 23.2. The lowest BCUT2D eigenvalue weighted by Crippen LogP contribution is -2.37. The molecule has 0 radical (unpaired) electrons. The molecular weight excluding hydrogens is 544 g/mol. The molecule has 0 aromatic heterocycles. The van der Waals surface area contributed by atoms with E-state index < -0.39 is 34.0 Å². The Labute approximate surface area is 233 Å². The third-order valence-electron chi connectivity index (χ3n) is 9.44. The van der Waals surface area contributed by atoms with E-state index in [2.05, 4.69) is 5.32 Å². The number of nitrogens with one attached hydrogen (secondary N) is 1. The van der Waals surface area contributed by atoms with Crippen LogP contribution in [0.25, 0.3) is 0 Å². The van der Waals surface area contributed by atoms with Crippen molar-refractivity contribution in [3.05, 3.63) is 0 Å². The monoisotopic (exact) mass is 593 g/mol. The van der Waals surface area contributed by atoms with Gasteiger partial charge in [-0.2, -0.15) is 0 Å². The lowest BCUT2D eigenvalue weighted by atomic mass is 9.85. The molecule has 0 spiro atoms. The molecule has 39 heavy (non-hydrogen) atoms. The van der Waals surface area contributed by atoms with Gasteiger partial charge in [0.15, 0.2) is 0 Å². The molecule has 5 fully saturated rings. The molecule has 0 aromatic rings. The summed E-state index contributed by atoms with van der Waals surface area (Å²) in [6.45, 7) is -0.221. The standard InChI is InChI=1S/C27H49NO9P2/c29-38(30)33-18-21-15-23(28-22-13-9-5-2-6-10-14-22)16-25(21)36-39(31,32)34-19-24-17-26(37-38)27(35-24)20-11-7-3-1-4-8-12-20/h20-28H,1-19H2,(H,29,30)(H,31,32)/t21-,23-,24+,25+,26-,27?/m1/s1. The number of hydrogen-bond acceptors (Lipinski definition) is 8. The van der Waals surface area contributed by atoms with Gasteiger partial charge in [-0.25, -0.2) is 9.13 Å². The van der Waals surface area contributed by atoms with Crippen LogP contribution >= 0.6 is 15.6 Å². The summed E-state index contributed by atoms with van der Waals surface area (Å²) in [5.74, 6) is -0.135. The van der Waals surface area contributed by atoms with E-state index in [1.165, 1.54) is 51.4 Å². The number of hydrogen-bond donors (Lipinski definition) is 3. The van der Waals surface area contributed by atoms with Crippen molar-refractivity contribution in [1.29, 1.82) is 0 Å². The molecule has 3 aliphatic carbocycles. The van der Waals surface area contributed by atoms with Crippen molar-refractivity contribution in [3.8, 4) is 0 Å². The van der Waals surface area contributed by atoms with E-state index >= 15 is 0 Å². The highest BCUT2D eigenvalue weighted by Gasteiger charge is 2.47. The van der Waals surface area contributed by atoms with Crippen LogP contribution in [0.2, 0.25) is 0 Å². The van der Waals surface area contributed by atoms with Crippen molar-refractivity contribution >= 4 is 15.6 Å². The van der Waals surface area contributed by atoms with E-state index in [0.29, 0.717) is 25.3 Å². The normalized spacial score (nSPS) is 44.6. The van der Waals surface area contributed by atoms with E-state index in [1.807, 2.05) is 0 Å². The van der Waals surface area contributed by atoms with Crippen molar-refractivity contribution in [1.82, 2.24) is 5.32 Å². The molecule has 2 bridgehead atoms. The number of fused-ring (bicyclic) bond motifs is 3. The summed E-state index contributed by atoms with van der Waals surface area (Å²) < 4.78 is 54.9. The van der Waals surface area contributed by atoms with Gasteiger partial charge in [0.1, 0.15) is 0 Å². The molecule has 0 aromatic carbocycles. The summed E-state index contributed by atoms with van der Waals surface area (Å²) in [5, 5.41) is 3.74. The summed E-state index contributed by atoms with van der Waals surface area (Å²) in [5.41, 5.74) is 0. The average molecular weight is 594 g/mol. The van der Waals surface area contributed by atoms with Crippen LogP contribution in [0.5, 0.6) is 0 Å². The predicted octanol–water partition coefficient (Wildman–Crippen LogP) is 6.00. The lowest BCUT2D eigenvalue weighted by Gasteiger charge is -2.30. The second-order valence-corrected chi connectivity index (χ2v) is 15.3. The minimum atomic E-state index is -4.38. The van der Waals surface area contributed by atoms with Crippen molar-refractivity contribution in [2.24, 2.45) is 11.8 Å². The molecule has 2 aliphatic heterocycles. The molecular formula is C27H49NO9P2. The fourth-order valence-corrected chi connectivity index (χ4v) is 9.46. The molecule has 2 heterocycles. The molecule has 2 saturated heterocycles. The fourth-order valence-electron chi connectivity index (χ4n) is 7.45. The van der Waals surface area contributed by atoms with Gasteiger partial charge in [-0.1, -0.05) is 64.2 Å². The first kappa shape index (κ1) is 30.6. The van der Waals surface area contributed by atoms with Crippen LogP contribution in [-0.4, -0.2) is 59.5 Å². The van der Waals surface area contributed by atoms with Crippen LogP contribution in [0, 0.1) is 11.8 Å². The van der Waals surface area contributed by atoms with Gasteiger partial charge in [-0.05, 0) is 44.4 Å². The summed E-state index contributed by atoms with van der Waals surface area (Å²) >= 11 is 0. The third kappa shape index (κ3) is 9.06. The zero-order chi connectivity index (χ0) is 27.3. The van der Waals surface area contributed by atoms with Crippen LogP contribution in [0.3, 0.4) is 0 Å². The summed E-state index contributed by atoms with van der Waals surface area (Å²) in [4.78, 5) is 21.4. The van der Waals surface area contributed by atoms with Gasteiger partial charge < -0.3 is 19.8 Å². The predicted molar refractivity (Wildman–Crippen MR) is 146 cm³/mol. The second-order valence-electron chi connectivity index (χ2n) is 12.5. The number of phosphoric acid groups is 2. The SMILES string of the molecule is O=P1(O)OC[C@@H]2C[C@@H](OP(=O)(O)OC[C@H]3C[C@@H](NC4CCCCCCC4)C[C@@H]3O1)C(C1CCCCCCC1)O2. The Bertz CT molecular complexity index is 862. The number of phosphoric ester groups is 2. The van der Waals surface area contributed by atoms with E-state index in [-0.39, 0.29) is 37.2 Å². The maximum Gasteiger partial charge on any atom is 0.472 e. The second kappa shape index (κ2) is 14.1. The Hall–Kier alpha value is 0.140. The zero-order valence-corrected chi connectivity index (χ0v) is 25.0. The van der Waals surface area contributed by atoms with Crippen molar-refractivity contribution in [2.75, 3.05) is 13.2 Å². The largest absolute Gasteiger partial charge is 0.472 e. The molecule has 226 valence electrons. The smallest absolute Gasteiger partial charge is 0.369 e. The maximum atomic E-state index is 13.1. The van der Waals surface area contributed by atoms with Gasteiger partial charge >= 0.3 is 15.6 Å². The Morgan fingerprint density at radius 2 is 1.15 bits per heavy atom. The molecule has 10 nitrogen and oxygen atoms in total. The Kier molecular flexibility index (Phi) is 11.0. The summed E-state index contributed by atoms with van der Waals surface area (Å²) in [6.07, 6.45) is 15.4. The van der Waals surface area contributed by atoms with E-state index in [0.717, 1.165) is 38.5 Å². The van der Waals surface area contributed by atoms with E-state index in [4.69, 9.17) is 22.8 Å². The molecule has 5 rings (SSSR count). The summed E-state index contributed by atoms with van der Waals surface area (Å²) in [6, 6.07) is 0.479. The fraction of sp³-hybridized carbons (Fsp3) is 1.00. The van der Waals surface area contributed by atoms with E-state index in [9.17, 15) is 18.9 Å². The Morgan fingerprint density at radius 3 is 1.82 bits per heavy atom. The summed E-state index contributed by atoms with van der Waals surface area (Å²) in [7, 11) is -8.75. The topological polar surface area (TPSA) is 133 Å². The first-order valence-corrected chi connectivity index (χ1v) is 18.5. The van der Waals surface area contributed by atoms with Gasteiger partial charge in [-0.15, -0.1) is 0 Å². The Morgan fingerprint density at radius 1 is 0.590 bits per heavy atom. The number of rotatable bonds is 3. The number of ether oxygens (including phenoxy) is 1. The Balaban J connectivity index is 1.26. The van der Waals surface area contributed by atoms with Gasteiger partial charge in [0.05, 0.1) is 37.6 Å². The van der Waals surface area contributed by atoms with Crippen LogP contribution in [-0.2, 0) is 32.0 Å². The van der Waals surface area contributed by atoms with Crippen LogP contribution in [0.1, 0.15) is 109 Å². The minimum absolute atomic E-state index is 0.0724. The molecule has 0 amide bonds. The van der Waals surface area contributed by atoms with Crippen LogP contribution in [0.15, 0.2) is 0 Å². The lowest BCUT2D eigenvalue weighted by molar-refractivity contribution is -0.0509.